The van der Waals surface area contributed by atoms with Crippen molar-refractivity contribution in [1.82, 2.24) is 0 Å². The molecule has 0 aromatic heterocycles. The summed E-state index contributed by atoms with van der Waals surface area (Å²) in [5.41, 5.74) is -0.422. The van der Waals surface area contributed by atoms with E-state index in [4.69, 9.17) is 5.90 Å². The van der Waals surface area contributed by atoms with E-state index in [1.54, 1.807) is 13.3 Å². The van der Waals surface area contributed by atoms with Crippen LogP contribution in [0.1, 0.15) is 13.8 Å². The molecule has 0 aliphatic heterocycles. The molecule has 8 heavy (non-hydrogen) atoms. The highest BCUT2D eigenvalue weighted by atomic mass is 16.6. The van der Waals surface area contributed by atoms with E-state index in [2.05, 4.69) is 9.83 Å². The van der Waals surface area contributed by atoms with Crippen LogP contribution in [0.3, 0.4) is 0 Å². The molecule has 0 unspecified atom stereocenters. The predicted molar refractivity (Wildman–Crippen MR) is 33.8 cm³/mol. The molecule has 0 rings (SSSR count). The first-order valence-electron chi connectivity index (χ1n) is 2.43. The van der Waals surface area contributed by atoms with Gasteiger partial charge in [0.15, 0.2) is 0 Å². The standard InChI is InChI=1S/C5H12N2O/c1-5(2,8-6)4-7-3/h4H,6H2,1-3H3. The van der Waals surface area contributed by atoms with Crippen LogP contribution in [0.4, 0.5) is 0 Å². The number of hydrogen-bond acceptors (Lipinski definition) is 3. The third kappa shape index (κ3) is 2.71. The first kappa shape index (κ1) is 7.59. The molecule has 0 atom stereocenters. The molecule has 0 bridgehead atoms. The maximum absolute atomic E-state index is 4.90. The molecule has 0 radical (unpaired) electrons. The van der Waals surface area contributed by atoms with E-state index in [1.165, 1.54) is 0 Å². The Balaban J connectivity index is 3.71. The number of hydrogen-bond donors (Lipinski definition) is 1. The largest absolute Gasteiger partial charge is 0.298 e. The summed E-state index contributed by atoms with van der Waals surface area (Å²) in [7, 11) is 1.68. The van der Waals surface area contributed by atoms with Crippen LogP contribution in [0.15, 0.2) is 4.99 Å². The van der Waals surface area contributed by atoms with Crippen LogP contribution in [0.25, 0.3) is 0 Å². The highest BCUT2D eigenvalue weighted by Crippen LogP contribution is 1.99. The zero-order chi connectivity index (χ0) is 6.62. The summed E-state index contributed by atoms with van der Waals surface area (Å²) in [4.78, 5) is 8.28. The van der Waals surface area contributed by atoms with Gasteiger partial charge in [-0.2, -0.15) is 0 Å². The molecule has 0 spiro atoms. The Labute approximate surface area is 49.5 Å². The average Bonchev–Trinajstić information content (AvgIpc) is 1.67. The Morgan fingerprint density at radius 3 is 2.25 bits per heavy atom. The fraction of sp³-hybridized carbons (Fsp3) is 0.800. The van der Waals surface area contributed by atoms with Crippen molar-refractivity contribution in [3.05, 3.63) is 0 Å². The van der Waals surface area contributed by atoms with Gasteiger partial charge in [0, 0.05) is 13.3 Å². The minimum absolute atomic E-state index is 0.422. The van der Waals surface area contributed by atoms with Crippen LogP contribution in [0.5, 0.6) is 0 Å². The summed E-state index contributed by atoms with van der Waals surface area (Å²) < 4.78 is 0. The lowest BCUT2D eigenvalue weighted by molar-refractivity contribution is 0.0380. The summed E-state index contributed by atoms with van der Waals surface area (Å²) in [6.07, 6.45) is 1.65. The summed E-state index contributed by atoms with van der Waals surface area (Å²) >= 11 is 0. The molecule has 0 saturated heterocycles. The number of nitrogens with two attached hydrogens (primary N) is 1. The Bertz CT molecular complexity index is 88.4. The second kappa shape index (κ2) is 2.79. The van der Waals surface area contributed by atoms with Crippen molar-refractivity contribution >= 4 is 6.21 Å². The fourth-order valence-electron chi connectivity index (χ4n) is 0.341. The van der Waals surface area contributed by atoms with E-state index < -0.39 is 5.60 Å². The molecule has 2 N–H and O–H groups in total. The van der Waals surface area contributed by atoms with Gasteiger partial charge in [0.25, 0.3) is 0 Å². The topological polar surface area (TPSA) is 47.6 Å². The minimum atomic E-state index is -0.422. The monoisotopic (exact) mass is 116 g/mol. The van der Waals surface area contributed by atoms with E-state index in [-0.39, 0.29) is 0 Å². The van der Waals surface area contributed by atoms with Gasteiger partial charge in [-0.1, -0.05) is 0 Å². The predicted octanol–water partition coefficient (Wildman–Crippen LogP) is 0.356. The van der Waals surface area contributed by atoms with E-state index in [9.17, 15) is 0 Å². The van der Waals surface area contributed by atoms with Crippen LogP contribution < -0.4 is 5.90 Å². The van der Waals surface area contributed by atoms with Crippen LogP contribution in [-0.2, 0) is 4.84 Å². The quantitative estimate of drug-likeness (QED) is 0.418. The van der Waals surface area contributed by atoms with Crippen LogP contribution >= 0.6 is 0 Å². The molecular weight excluding hydrogens is 104 g/mol. The van der Waals surface area contributed by atoms with Gasteiger partial charge >= 0.3 is 0 Å². The van der Waals surface area contributed by atoms with Crippen molar-refractivity contribution in [1.29, 1.82) is 0 Å². The lowest BCUT2D eigenvalue weighted by Crippen LogP contribution is -2.29. The maximum atomic E-state index is 4.90. The molecule has 0 fully saturated rings. The second-order valence-corrected chi connectivity index (χ2v) is 2.11. The SMILES string of the molecule is CN=CC(C)(C)ON. The maximum Gasteiger partial charge on any atom is 0.118 e. The van der Waals surface area contributed by atoms with Crippen LogP contribution in [0.2, 0.25) is 0 Å². The van der Waals surface area contributed by atoms with Crippen molar-refractivity contribution in [2.24, 2.45) is 10.9 Å². The van der Waals surface area contributed by atoms with Crippen molar-refractivity contribution < 1.29 is 4.84 Å². The highest BCUT2D eigenvalue weighted by Gasteiger charge is 2.11. The molecule has 0 aliphatic rings. The summed E-state index contributed by atoms with van der Waals surface area (Å²) in [5, 5.41) is 0. The van der Waals surface area contributed by atoms with Gasteiger partial charge in [-0.3, -0.25) is 9.83 Å². The number of rotatable bonds is 2. The van der Waals surface area contributed by atoms with Crippen molar-refractivity contribution in [3.8, 4) is 0 Å². The van der Waals surface area contributed by atoms with Gasteiger partial charge in [0.2, 0.25) is 0 Å². The first-order valence-corrected chi connectivity index (χ1v) is 2.43. The molecule has 3 heteroatoms. The van der Waals surface area contributed by atoms with Crippen molar-refractivity contribution in [2.75, 3.05) is 7.05 Å². The fourth-order valence-corrected chi connectivity index (χ4v) is 0.341. The second-order valence-electron chi connectivity index (χ2n) is 2.11. The van der Waals surface area contributed by atoms with Crippen molar-refractivity contribution in [2.45, 2.75) is 19.4 Å². The van der Waals surface area contributed by atoms with E-state index in [1.807, 2.05) is 13.8 Å². The van der Waals surface area contributed by atoms with Crippen LogP contribution in [-0.4, -0.2) is 18.9 Å². The van der Waals surface area contributed by atoms with Gasteiger partial charge in [0.1, 0.15) is 5.60 Å². The average molecular weight is 116 g/mol. The minimum Gasteiger partial charge on any atom is -0.298 e. The van der Waals surface area contributed by atoms with Gasteiger partial charge in [-0.05, 0) is 13.8 Å². The third-order valence-electron chi connectivity index (χ3n) is 0.744. The van der Waals surface area contributed by atoms with Gasteiger partial charge in [-0.25, -0.2) is 5.90 Å². The van der Waals surface area contributed by atoms with E-state index >= 15 is 0 Å². The molecule has 0 aromatic rings. The molecule has 0 heterocycles. The highest BCUT2D eigenvalue weighted by molar-refractivity contribution is 5.67. The van der Waals surface area contributed by atoms with Gasteiger partial charge in [-0.15, -0.1) is 0 Å². The summed E-state index contributed by atoms with van der Waals surface area (Å²) in [6, 6.07) is 0. The Hall–Kier alpha value is -0.410. The van der Waals surface area contributed by atoms with Gasteiger partial charge < -0.3 is 0 Å². The summed E-state index contributed by atoms with van der Waals surface area (Å²) in [5.74, 6) is 4.90. The van der Waals surface area contributed by atoms with E-state index in [0.29, 0.717) is 0 Å². The zero-order valence-electron chi connectivity index (χ0n) is 5.51. The molecular formula is C5H12N2O. The zero-order valence-corrected chi connectivity index (χ0v) is 5.51. The molecule has 0 saturated carbocycles. The van der Waals surface area contributed by atoms with E-state index in [0.717, 1.165) is 0 Å². The Kier molecular flexibility index (Phi) is 2.65. The summed E-state index contributed by atoms with van der Waals surface area (Å²) in [6.45, 7) is 3.67. The third-order valence-corrected chi connectivity index (χ3v) is 0.744. The number of aliphatic imine (C=N–C) groups is 1. The van der Waals surface area contributed by atoms with Gasteiger partial charge in [0.05, 0.1) is 0 Å². The smallest absolute Gasteiger partial charge is 0.118 e. The Morgan fingerprint density at radius 1 is 1.62 bits per heavy atom. The lowest BCUT2D eigenvalue weighted by Gasteiger charge is -2.14. The molecule has 0 aromatic carbocycles. The van der Waals surface area contributed by atoms with Crippen molar-refractivity contribution in [3.63, 3.8) is 0 Å². The lowest BCUT2D eigenvalue weighted by atomic mass is 10.2. The van der Waals surface area contributed by atoms with Crippen LogP contribution in [0, 0.1) is 0 Å². The molecule has 0 amide bonds. The number of nitrogens with zero attached hydrogens (tertiary/aromatic N) is 1. The first-order chi connectivity index (χ1) is 3.62. The molecule has 48 valence electrons. The normalized spacial score (nSPS) is 13.0. The Morgan fingerprint density at radius 2 is 2.12 bits per heavy atom. The molecule has 3 nitrogen and oxygen atoms in total. The molecule has 0 aliphatic carbocycles.